The first-order valence-electron chi connectivity index (χ1n) is 5.67. The number of anilines is 2. The third-order valence-corrected chi connectivity index (χ3v) is 3.13. The average molecular weight is 221 g/mol. The summed E-state index contributed by atoms with van der Waals surface area (Å²) in [6.45, 7) is 6.17. The molecule has 0 spiro atoms. The Bertz CT molecular complexity index is 371. The van der Waals surface area contributed by atoms with E-state index in [1.54, 1.807) is 6.20 Å². The Morgan fingerprint density at radius 3 is 2.75 bits per heavy atom. The predicted octanol–water partition coefficient (Wildman–Crippen LogP) is 0.921. The molecule has 88 valence electrons. The molecule has 1 fully saturated rings. The summed E-state index contributed by atoms with van der Waals surface area (Å²) in [5.74, 6) is 1.18. The number of nitrogens with zero attached hydrogens (tertiary/aromatic N) is 2. The van der Waals surface area contributed by atoms with Crippen molar-refractivity contribution in [3.05, 3.63) is 11.8 Å². The second-order valence-corrected chi connectivity index (χ2v) is 4.70. The fourth-order valence-electron chi connectivity index (χ4n) is 1.89. The minimum absolute atomic E-state index is 0.0763. The summed E-state index contributed by atoms with van der Waals surface area (Å²) in [6.07, 6.45) is 3.91. The van der Waals surface area contributed by atoms with Gasteiger partial charge in [-0.1, -0.05) is 0 Å². The Morgan fingerprint density at radius 2 is 2.12 bits per heavy atom. The number of nitrogens with one attached hydrogen (secondary N) is 2. The zero-order valence-corrected chi connectivity index (χ0v) is 9.88. The van der Waals surface area contributed by atoms with Crippen LogP contribution in [0.4, 0.5) is 11.8 Å². The molecule has 1 saturated heterocycles. The van der Waals surface area contributed by atoms with Crippen molar-refractivity contribution in [3.8, 4) is 0 Å². The lowest BCUT2D eigenvalue weighted by molar-refractivity contribution is 0.363. The number of nitrogen functional groups attached to an aromatic ring is 1. The third-order valence-electron chi connectivity index (χ3n) is 3.13. The van der Waals surface area contributed by atoms with Crippen LogP contribution in [-0.2, 0) is 0 Å². The first-order valence-corrected chi connectivity index (χ1v) is 5.67. The van der Waals surface area contributed by atoms with Crippen LogP contribution in [0.15, 0.2) is 6.20 Å². The molecule has 0 radical (unpaired) electrons. The fraction of sp³-hybridized carbons (Fsp3) is 0.636. The fourth-order valence-corrected chi connectivity index (χ4v) is 1.89. The smallest absolute Gasteiger partial charge is 0.225 e. The van der Waals surface area contributed by atoms with Crippen molar-refractivity contribution >= 4 is 11.8 Å². The van der Waals surface area contributed by atoms with E-state index in [2.05, 4.69) is 27.5 Å². The summed E-state index contributed by atoms with van der Waals surface area (Å²) in [6, 6.07) is 0. The summed E-state index contributed by atoms with van der Waals surface area (Å²) < 4.78 is 0. The van der Waals surface area contributed by atoms with Crippen LogP contribution in [0.2, 0.25) is 0 Å². The minimum Gasteiger partial charge on any atom is -0.383 e. The van der Waals surface area contributed by atoms with Crippen LogP contribution in [0.25, 0.3) is 0 Å². The lowest BCUT2D eigenvalue weighted by atomic mass is 9.91. The van der Waals surface area contributed by atoms with E-state index in [4.69, 9.17) is 5.73 Å². The quantitative estimate of drug-likeness (QED) is 0.692. The van der Waals surface area contributed by atoms with Gasteiger partial charge in [0.15, 0.2) is 0 Å². The lowest BCUT2D eigenvalue weighted by Crippen LogP contribution is -2.45. The van der Waals surface area contributed by atoms with Crippen molar-refractivity contribution in [1.82, 2.24) is 15.3 Å². The second kappa shape index (κ2) is 4.25. The van der Waals surface area contributed by atoms with Gasteiger partial charge in [0.25, 0.3) is 0 Å². The third kappa shape index (κ3) is 2.41. The van der Waals surface area contributed by atoms with Crippen molar-refractivity contribution in [2.24, 2.45) is 0 Å². The summed E-state index contributed by atoms with van der Waals surface area (Å²) in [4.78, 5) is 8.50. The van der Waals surface area contributed by atoms with Crippen molar-refractivity contribution in [2.75, 3.05) is 24.1 Å². The molecule has 1 aromatic rings. The number of rotatable bonds is 2. The van der Waals surface area contributed by atoms with Gasteiger partial charge in [0.2, 0.25) is 5.95 Å². The number of nitrogens with two attached hydrogens (primary N) is 1. The molecule has 0 bridgehead atoms. The molecule has 0 unspecified atom stereocenters. The van der Waals surface area contributed by atoms with E-state index in [-0.39, 0.29) is 5.54 Å². The molecule has 0 atom stereocenters. The molecule has 5 heteroatoms. The summed E-state index contributed by atoms with van der Waals surface area (Å²) in [5.41, 5.74) is 6.76. The SMILES string of the molecule is Cc1cnc(NC2(C)CCNCC2)nc1N. The summed E-state index contributed by atoms with van der Waals surface area (Å²) in [5, 5.41) is 6.72. The van der Waals surface area contributed by atoms with Crippen LogP contribution in [0, 0.1) is 6.92 Å². The number of hydrogen-bond donors (Lipinski definition) is 3. The number of hydrogen-bond acceptors (Lipinski definition) is 5. The van der Waals surface area contributed by atoms with E-state index < -0.39 is 0 Å². The summed E-state index contributed by atoms with van der Waals surface area (Å²) >= 11 is 0. The van der Waals surface area contributed by atoms with Gasteiger partial charge >= 0.3 is 0 Å². The summed E-state index contributed by atoms with van der Waals surface area (Å²) in [7, 11) is 0. The predicted molar refractivity (Wildman–Crippen MR) is 65.3 cm³/mol. The van der Waals surface area contributed by atoms with Gasteiger partial charge in [0, 0.05) is 17.3 Å². The molecule has 2 rings (SSSR count). The number of aromatic nitrogens is 2. The van der Waals surface area contributed by atoms with E-state index in [0.29, 0.717) is 11.8 Å². The molecule has 16 heavy (non-hydrogen) atoms. The van der Waals surface area contributed by atoms with E-state index in [1.807, 2.05) is 6.92 Å². The van der Waals surface area contributed by atoms with Crippen molar-refractivity contribution in [3.63, 3.8) is 0 Å². The molecule has 0 aliphatic carbocycles. The average Bonchev–Trinajstić information content (AvgIpc) is 2.24. The van der Waals surface area contributed by atoms with Gasteiger partial charge in [-0.2, -0.15) is 4.98 Å². The first kappa shape index (κ1) is 11.1. The molecule has 2 heterocycles. The van der Waals surface area contributed by atoms with Crippen molar-refractivity contribution < 1.29 is 0 Å². The van der Waals surface area contributed by atoms with Gasteiger partial charge in [0.05, 0.1) is 0 Å². The molecular formula is C11H19N5. The molecule has 0 saturated carbocycles. The van der Waals surface area contributed by atoms with Gasteiger partial charge in [-0.15, -0.1) is 0 Å². The van der Waals surface area contributed by atoms with Crippen molar-refractivity contribution in [1.29, 1.82) is 0 Å². The van der Waals surface area contributed by atoms with Gasteiger partial charge in [0.1, 0.15) is 5.82 Å². The van der Waals surface area contributed by atoms with Gasteiger partial charge in [-0.05, 0) is 39.8 Å². The highest BCUT2D eigenvalue weighted by Crippen LogP contribution is 2.22. The Morgan fingerprint density at radius 1 is 1.44 bits per heavy atom. The zero-order valence-electron chi connectivity index (χ0n) is 9.88. The van der Waals surface area contributed by atoms with E-state index in [9.17, 15) is 0 Å². The van der Waals surface area contributed by atoms with Gasteiger partial charge in [-0.25, -0.2) is 4.98 Å². The van der Waals surface area contributed by atoms with Gasteiger partial charge < -0.3 is 16.4 Å². The van der Waals surface area contributed by atoms with Crippen LogP contribution >= 0.6 is 0 Å². The largest absolute Gasteiger partial charge is 0.383 e. The molecule has 0 amide bonds. The lowest BCUT2D eigenvalue weighted by Gasteiger charge is -2.34. The standard InChI is InChI=1S/C11H19N5/c1-8-7-14-10(15-9(8)12)16-11(2)3-5-13-6-4-11/h7,13H,3-6H2,1-2H3,(H3,12,14,15,16). The Labute approximate surface area is 95.9 Å². The van der Waals surface area contributed by atoms with Crippen molar-refractivity contribution in [2.45, 2.75) is 32.2 Å². The Kier molecular flexibility index (Phi) is 2.96. The zero-order chi connectivity index (χ0) is 11.6. The van der Waals surface area contributed by atoms with E-state index in [0.717, 1.165) is 31.5 Å². The maximum atomic E-state index is 5.77. The monoisotopic (exact) mass is 221 g/mol. The molecule has 5 nitrogen and oxygen atoms in total. The van der Waals surface area contributed by atoms with Gasteiger partial charge in [-0.3, -0.25) is 0 Å². The first-order chi connectivity index (χ1) is 7.59. The highest BCUT2D eigenvalue weighted by Gasteiger charge is 2.27. The van der Waals surface area contributed by atoms with Crippen LogP contribution in [0.1, 0.15) is 25.3 Å². The number of aryl methyl sites for hydroxylation is 1. The maximum absolute atomic E-state index is 5.77. The van der Waals surface area contributed by atoms with Crippen LogP contribution < -0.4 is 16.4 Å². The molecule has 1 aliphatic heterocycles. The minimum atomic E-state index is 0.0763. The normalized spacial score (nSPS) is 19.4. The molecule has 4 N–H and O–H groups in total. The molecule has 0 aromatic carbocycles. The van der Waals surface area contributed by atoms with Crippen LogP contribution in [0.5, 0.6) is 0 Å². The number of piperidine rings is 1. The van der Waals surface area contributed by atoms with E-state index >= 15 is 0 Å². The maximum Gasteiger partial charge on any atom is 0.225 e. The molecular weight excluding hydrogens is 202 g/mol. The Hall–Kier alpha value is -1.36. The second-order valence-electron chi connectivity index (χ2n) is 4.70. The highest BCUT2D eigenvalue weighted by atomic mass is 15.2. The van der Waals surface area contributed by atoms with Crippen LogP contribution in [-0.4, -0.2) is 28.6 Å². The van der Waals surface area contributed by atoms with E-state index in [1.165, 1.54) is 0 Å². The van der Waals surface area contributed by atoms with Crippen LogP contribution in [0.3, 0.4) is 0 Å². The highest BCUT2D eigenvalue weighted by molar-refractivity contribution is 5.43. The molecule has 1 aromatic heterocycles. The Balaban J connectivity index is 2.10. The topological polar surface area (TPSA) is 75.9 Å². The molecule has 1 aliphatic rings.